The Morgan fingerprint density at radius 3 is 2.82 bits per heavy atom. The number of amidine groups is 1. The zero-order valence-electron chi connectivity index (χ0n) is 10.6. The van der Waals surface area contributed by atoms with E-state index in [1.165, 1.54) is 32.1 Å². The van der Waals surface area contributed by atoms with E-state index in [4.69, 9.17) is 15.7 Å². The molecule has 98 valence electrons. The summed E-state index contributed by atoms with van der Waals surface area (Å²) in [6.45, 7) is 1.35. The summed E-state index contributed by atoms with van der Waals surface area (Å²) in [6, 6.07) is 0. The van der Waals surface area contributed by atoms with Crippen LogP contribution >= 0.6 is 0 Å². The molecule has 1 unspecified atom stereocenters. The van der Waals surface area contributed by atoms with E-state index in [9.17, 15) is 0 Å². The highest BCUT2D eigenvalue weighted by atomic mass is 16.5. The molecule has 3 N–H and O–H groups in total. The topological polar surface area (TPSA) is 71.1 Å². The van der Waals surface area contributed by atoms with E-state index < -0.39 is 0 Å². The lowest BCUT2D eigenvalue weighted by Crippen LogP contribution is -2.37. The van der Waals surface area contributed by atoms with Crippen molar-refractivity contribution < 1.29 is 9.94 Å². The van der Waals surface area contributed by atoms with E-state index in [0.29, 0.717) is 12.6 Å². The molecule has 1 saturated heterocycles. The van der Waals surface area contributed by atoms with Gasteiger partial charge in [0.05, 0.1) is 18.2 Å². The van der Waals surface area contributed by atoms with Gasteiger partial charge in [0.2, 0.25) is 0 Å². The molecule has 1 saturated carbocycles. The fourth-order valence-electron chi connectivity index (χ4n) is 3.13. The second kappa shape index (κ2) is 5.23. The summed E-state index contributed by atoms with van der Waals surface area (Å²) >= 11 is 0. The van der Waals surface area contributed by atoms with Crippen molar-refractivity contribution in [3.05, 3.63) is 0 Å². The Kier molecular flexibility index (Phi) is 3.89. The normalized spacial score (nSPS) is 28.4. The van der Waals surface area contributed by atoms with Crippen molar-refractivity contribution in [2.24, 2.45) is 10.9 Å². The summed E-state index contributed by atoms with van der Waals surface area (Å²) in [5, 5.41) is 11.5. The van der Waals surface area contributed by atoms with Crippen LogP contribution in [0.4, 0.5) is 0 Å². The summed E-state index contributed by atoms with van der Waals surface area (Å²) < 4.78 is 6.21. The maximum absolute atomic E-state index is 8.52. The quantitative estimate of drug-likeness (QED) is 0.335. The van der Waals surface area contributed by atoms with Crippen LogP contribution < -0.4 is 5.73 Å². The lowest BCUT2D eigenvalue weighted by Gasteiger charge is -2.26. The van der Waals surface area contributed by atoms with Crippen LogP contribution in [0.5, 0.6) is 0 Å². The molecule has 2 fully saturated rings. The molecule has 0 aromatic heterocycles. The van der Waals surface area contributed by atoms with Crippen molar-refractivity contribution in [2.45, 2.75) is 50.2 Å². The average molecular weight is 241 g/mol. The average Bonchev–Trinajstić information content (AvgIpc) is 2.90. The number of rotatable bonds is 4. The van der Waals surface area contributed by atoms with Crippen molar-refractivity contribution in [2.75, 3.05) is 20.1 Å². The molecule has 2 aliphatic rings. The Balaban J connectivity index is 1.77. The van der Waals surface area contributed by atoms with Crippen LogP contribution in [-0.2, 0) is 4.74 Å². The van der Waals surface area contributed by atoms with Gasteiger partial charge in [-0.15, -0.1) is 0 Å². The molecular weight excluding hydrogens is 218 g/mol. The van der Waals surface area contributed by atoms with E-state index in [1.54, 1.807) is 0 Å². The van der Waals surface area contributed by atoms with Crippen LogP contribution in [-0.4, -0.2) is 47.8 Å². The molecule has 1 atom stereocenters. The summed E-state index contributed by atoms with van der Waals surface area (Å²) in [6.07, 6.45) is 7.74. The van der Waals surface area contributed by atoms with Gasteiger partial charge in [-0.25, -0.2) is 0 Å². The molecule has 5 nitrogen and oxygen atoms in total. The summed E-state index contributed by atoms with van der Waals surface area (Å²) in [7, 11) is 1.97. The second-order valence-corrected chi connectivity index (χ2v) is 5.46. The van der Waals surface area contributed by atoms with Gasteiger partial charge in [0.25, 0.3) is 0 Å². The maximum Gasteiger partial charge on any atom is 0.153 e. The number of nitrogens with zero attached hydrogens (tertiary/aromatic N) is 2. The number of hydrogen-bond acceptors (Lipinski definition) is 4. The molecule has 0 bridgehead atoms. The highest BCUT2D eigenvalue weighted by molar-refractivity contribution is 5.81. The first-order chi connectivity index (χ1) is 8.13. The van der Waals surface area contributed by atoms with Gasteiger partial charge in [-0.2, -0.15) is 0 Å². The Morgan fingerprint density at radius 1 is 1.47 bits per heavy atom. The summed E-state index contributed by atoms with van der Waals surface area (Å²) in [5.41, 5.74) is 5.68. The lowest BCUT2D eigenvalue weighted by atomic mass is 9.98. The van der Waals surface area contributed by atoms with Crippen LogP contribution in [0.1, 0.15) is 38.5 Å². The first-order valence-corrected chi connectivity index (χ1v) is 6.46. The van der Waals surface area contributed by atoms with E-state index in [0.717, 1.165) is 13.0 Å². The van der Waals surface area contributed by atoms with Gasteiger partial charge in [0.1, 0.15) is 0 Å². The zero-order valence-corrected chi connectivity index (χ0v) is 10.6. The molecule has 17 heavy (non-hydrogen) atoms. The first kappa shape index (κ1) is 12.6. The molecule has 1 spiro atoms. The molecule has 5 heteroatoms. The number of oxime groups is 1. The van der Waals surface area contributed by atoms with Gasteiger partial charge in [-0.05, 0) is 32.7 Å². The van der Waals surface area contributed by atoms with Crippen molar-refractivity contribution >= 4 is 5.84 Å². The number of hydrogen-bond donors (Lipinski definition) is 2. The Bertz CT molecular complexity index is 287. The summed E-state index contributed by atoms with van der Waals surface area (Å²) in [5.74, 6) is 0.251. The van der Waals surface area contributed by atoms with Crippen LogP contribution in [0.2, 0.25) is 0 Å². The van der Waals surface area contributed by atoms with Gasteiger partial charge < -0.3 is 15.7 Å². The predicted octanol–water partition coefficient (Wildman–Crippen LogP) is 1.16. The lowest BCUT2D eigenvalue weighted by molar-refractivity contribution is -0.0440. The Morgan fingerprint density at radius 2 is 2.18 bits per heavy atom. The monoisotopic (exact) mass is 241 g/mol. The van der Waals surface area contributed by atoms with Gasteiger partial charge in [0, 0.05) is 6.54 Å². The molecule has 0 aromatic rings. The molecule has 2 rings (SSSR count). The number of likely N-dealkylation sites (N-methyl/N-ethyl adjacent to an activating group) is 1. The van der Waals surface area contributed by atoms with Crippen LogP contribution in [0, 0.1) is 0 Å². The molecular formula is C12H23N3O2. The van der Waals surface area contributed by atoms with Crippen LogP contribution in [0.15, 0.2) is 5.16 Å². The fourth-order valence-corrected chi connectivity index (χ4v) is 3.13. The third kappa shape index (κ3) is 3.10. The molecule has 0 aromatic carbocycles. The van der Waals surface area contributed by atoms with Gasteiger partial charge in [0.15, 0.2) is 5.84 Å². The first-order valence-electron chi connectivity index (χ1n) is 6.46. The fraction of sp³-hybridized carbons (Fsp3) is 0.917. The van der Waals surface area contributed by atoms with Gasteiger partial charge in [-0.1, -0.05) is 18.0 Å². The maximum atomic E-state index is 8.52. The highest BCUT2D eigenvalue weighted by Crippen LogP contribution is 2.43. The van der Waals surface area contributed by atoms with Crippen molar-refractivity contribution in [3.8, 4) is 0 Å². The molecule has 1 heterocycles. The minimum absolute atomic E-state index is 0.197. The Labute approximate surface area is 103 Å². The minimum atomic E-state index is 0.197. The third-order valence-corrected chi connectivity index (χ3v) is 3.93. The SMILES string of the molecule is CN(CC(N)=NO)CC1CCC2(CCCC2)O1. The highest BCUT2D eigenvalue weighted by Gasteiger charge is 2.42. The van der Waals surface area contributed by atoms with Crippen molar-refractivity contribution in [1.29, 1.82) is 0 Å². The van der Waals surface area contributed by atoms with E-state index >= 15 is 0 Å². The zero-order chi connectivity index (χ0) is 12.3. The number of ether oxygens (including phenoxy) is 1. The predicted molar refractivity (Wildman–Crippen MR) is 66.2 cm³/mol. The van der Waals surface area contributed by atoms with E-state index in [-0.39, 0.29) is 11.4 Å². The van der Waals surface area contributed by atoms with Crippen LogP contribution in [0.25, 0.3) is 0 Å². The molecule has 1 aliphatic carbocycles. The van der Waals surface area contributed by atoms with Gasteiger partial charge in [-0.3, -0.25) is 4.90 Å². The second-order valence-electron chi connectivity index (χ2n) is 5.46. The minimum Gasteiger partial charge on any atom is -0.409 e. The number of nitrogens with two attached hydrogens (primary N) is 1. The van der Waals surface area contributed by atoms with E-state index in [2.05, 4.69) is 5.16 Å². The standard InChI is InChI=1S/C12H23N3O2/c1-15(9-11(13)14-16)8-10-4-7-12(17-10)5-2-3-6-12/h10,16H,2-9H2,1H3,(H2,13,14). The largest absolute Gasteiger partial charge is 0.409 e. The Hall–Kier alpha value is -0.810. The van der Waals surface area contributed by atoms with Gasteiger partial charge >= 0.3 is 0 Å². The van der Waals surface area contributed by atoms with Crippen molar-refractivity contribution in [1.82, 2.24) is 4.90 Å². The van der Waals surface area contributed by atoms with E-state index in [1.807, 2.05) is 11.9 Å². The molecule has 1 aliphatic heterocycles. The molecule has 0 amide bonds. The third-order valence-electron chi connectivity index (χ3n) is 3.93. The smallest absolute Gasteiger partial charge is 0.153 e. The van der Waals surface area contributed by atoms with Crippen molar-refractivity contribution in [3.63, 3.8) is 0 Å². The van der Waals surface area contributed by atoms with Crippen LogP contribution in [0.3, 0.4) is 0 Å². The molecule has 0 radical (unpaired) electrons. The summed E-state index contributed by atoms with van der Waals surface area (Å²) in [4.78, 5) is 2.05.